The first-order valence-corrected chi connectivity index (χ1v) is 11.6. The molecule has 0 radical (unpaired) electrons. The van der Waals surface area contributed by atoms with Crippen LogP contribution in [0, 0.1) is 5.82 Å². The maximum atomic E-state index is 13.8. The van der Waals surface area contributed by atoms with Crippen molar-refractivity contribution in [1.82, 2.24) is 0 Å². The van der Waals surface area contributed by atoms with Crippen LogP contribution in [0.3, 0.4) is 0 Å². The van der Waals surface area contributed by atoms with Crippen LogP contribution in [0.1, 0.15) is 25.3 Å². The normalized spacial score (nSPS) is 16.1. The number of carbonyl (C=O) groups excluding carboxylic acids is 2. The predicted molar refractivity (Wildman–Crippen MR) is 133 cm³/mol. The largest absolute Gasteiger partial charge is 0.372 e. The molecular weight excluding hydrogens is 429 g/mol. The van der Waals surface area contributed by atoms with E-state index in [1.165, 1.54) is 29.9 Å². The highest BCUT2D eigenvalue weighted by atomic mass is 19.1. The van der Waals surface area contributed by atoms with Crippen LogP contribution in [0.5, 0.6) is 0 Å². The Bertz CT molecular complexity index is 1230. The summed E-state index contributed by atoms with van der Waals surface area (Å²) in [5.74, 6) is -1.19. The third-order valence-corrected chi connectivity index (χ3v) is 6.43. The van der Waals surface area contributed by atoms with Crippen LogP contribution < -0.4 is 14.7 Å². The van der Waals surface area contributed by atoms with Gasteiger partial charge in [-0.05, 0) is 73.9 Å². The number of likely N-dealkylation sites (N-methyl/N-ethyl adjacent to an activating group) is 1. The van der Waals surface area contributed by atoms with Crippen LogP contribution >= 0.6 is 0 Å². The fraction of sp³-hybridized carbons (Fsp3) is 0.214. The Morgan fingerprint density at radius 3 is 2.03 bits per heavy atom. The Hall–Kier alpha value is -3.93. The quantitative estimate of drug-likeness (QED) is 0.477. The van der Waals surface area contributed by atoms with Gasteiger partial charge >= 0.3 is 0 Å². The van der Waals surface area contributed by atoms with E-state index in [9.17, 15) is 14.0 Å². The molecule has 2 heterocycles. The minimum absolute atomic E-state index is 0.277. The van der Waals surface area contributed by atoms with E-state index in [4.69, 9.17) is 0 Å². The second-order valence-electron chi connectivity index (χ2n) is 8.47. The zero-order valence-electron chi connectivity index (χ0n) is 19.1. The van der Waals surface area contributed by atoms with Gasteiger partial charge in [0, 0.05) is 31.0 Å². The summed E-state index contributed by atoms with van der Waals surface area (Å²) in [5.41, 5.74) is 3.52. The van der Waals surface area contributed by atoms with Crippen molar-refractivity contribution in [2.24, 2.45) is 0 Å². The van der Waals surface area contributed by atoms with Gasteiger partial charge in [0.05, 0.1) is 11.3 Å². The molecule has 2 aliphatic heterocycles. The summed E-state index contributed by atoms with van der Waals surface area (Å²) in [6.45, 7) is 4.46. The number of anilines is 3. The number of rotatable bonds is 6. The van der Waals surface area contributed by atoms with E-state index in [2.05, 4.69) is 4.90 Å². The highest BCUT2D eigenvalue weighted by Crippen LogP contribution is 2.37. The third kappa shape index (κ3) is 3.85. The summed E-state index contributed by atoms with van der Waals surface area (Å²) in [6, 6.07) is 22.8. The number of hydrogen-bond acceptors (Lipinski definition) is 4. The molecule has 34 heavy (non-hydrogen) atoms. The zero-order chi connectivity index (χ0) is 23.7. The minimum atomic E-state index is -0.407. The number of benzene rings is 3. The van der Waals surface area contributed by atoms with Gasteiger partial charge in [-0.2, -0.15) is 0 Å². The molecule has 5 nitrogen and oxygen atoms in total. The molecule has 0 unspecified atom stereocenters. The fourth-order valence-corrected chi connectivity index (χ4v) is 4.75. The van der Waals surface area contributed by atoms with Gasteiger partial charge in [-0.3, -0.25) is 9.59 Å². The van der Waals surface area contributed by atoms with Crippen molar-refractivity contribution in [2.45, 2.75) is 19.8 Å². The highest BCUT2D eigenvalue weighted by Gasteiger charge is 2.42. The lowest BCUT2D eigenvalue weighted by molar-refractivity contribution is -0.120. The molecule has 0 aromatic heterocycles. The molecule has 3 aromatic rings. The van der Waals surface area contributed by atoms with Crippen LogP contribution in [0.4, 0.5) is 21.5 Å². The summed E-state index contributed by atoms with van der Waals surface area (Å²) >= 11 is 0. The number of nitrogens with zero attached hydrogens (tertiary/aromatic N) is 3. The molecule has 0 N–H and O–H groups in total. The Morgan fingerprint density at radius 2 is 1.41 bits per heavy atom. The minimum Gasteiger partial charge on any atom is -0.372 e. The Balaban J connectivity index is 1.58. The average molecular weight is 456 g/mol. The van der Waals surface area contributed by atoms with E-state index in [1.807, 2.05) is 66.4 Å². The van der Waals surface area contributed by atoms with Gasteiger partial charge in [-0.25, -0.2) is 9.29 Å². The van der Waals surface area contributed by atoms with Crippen LogP contribution in [0.2, 0.25) is 0 Å². The van der Waals surface area contributed by atoms with Gasteiger partial charge in [0.2, 0.25) is 0 Å². The van der Waals surface area contributed by atoms with Crippen molar-refractivity contribution in [3.63, 3.8) is 0 Å². The number of imide groups is 1. The predicted octanol–water partition coefficient (Wildman–Crippen LogP) is 5.24. The van der Waals surface area contributed by atoms with E-state index in [1.54, 1.807) is 12.1 Å². The van der Waals surface area contributed by atoms with Gasteiger partial charge in [0.25, 0.3) is 11.8 Å². The summed E-state index contributed by atoms with van der Waals surface area (Å²) in [7, 11) is 0. The molecular formula is C28H26FN3O2. The Morgan fingerprint density at radius 1 is 0.794 bits per heavy atom. The first kappa shape index (κ1) is 21.9. The first-order valence-electron chi connectivity index (χ1n) is 11.6. The SMILES string of the molecule is CCN(C1=C(c2ccc(F)cc2)C(=O)N(c2ccc(N3CCCC3)cc2)C1=O)c1ccccc1. The molecule has 0 atom stereocenters. The van der Waals surface area contributed by atoms with E-state index >= 15 is 0 Å². The van der Waals surface area contributed by atoms with Crippen molar-refractivity contribution in [3.8, 4) is 0 Å². The van der Waals surface area contributed by atoms with E-state index in [0.717, 1.165) is 24.5 Å². The lowest BCUT2D eigenvalue weighted by atomic mass is 10.0. The maximum absolute atomic E-state index is 13.8. The van der Waals surface area contributed by atoms with Crippen LogP contribution in [-0.2, 0) is 9.59 Å². The van der Waals surface area contributed by atoms with Gasteiger partial charge in [-0.15, -0.1) is 0 Å². The molecule has 5 rings (SSSR count). The zero-order valence-corrected chi connectivity index (χ0v) is 19.1. The monoisotopic (exact) mass is 455 g/mol. The summed E-state index contributed by atoms with van der Waals surface area (Å²) in [6.07, 6.45) is 2.34. The second-order valence-corrected chi connectivity index (χ2v) is 8.47. The summed E-state index contributed by atoms with van der Waals surface area (Å²) < 4.78 is 13.6. The molecule has 0 spiro atoms. The Labute approximate surface area is 198 Å². The van der Waals surface area contributed by atoms with Crippen LogP contribution in [0.15, 0.2) is 84.6 Å². The van der Waals surface area contributed by atoms with Crippen molar-refractivity contribution < 1.29 is 14.0 Å². The van der Waals surface area contributed by atoms with Gasteiger partial charge in [0.1, 0.15) is 11.5 Å². The number of carbonyl (C=O) groups is 2. The number of hydrogen-bond donors (Lipinski definition) is 0. The van der Waals surface area contributed by atoms with Crippen molar-refractivity contribution in [1.29, 1.82) is 0 Å². The van der Waals surface area contributed by atoms with Crippen molar-refractivity contribution >= 4 is 34.4 Å². The molecule has 172 valence electrons. The molecule has 1 fully saturated rings. The number of para-hydroxylation sites is 1. The lowest BCUT2D eigenvalue weighted by Gasteiger charge is -2.25. The molecule has 0 saturated carbocycles. The standard InChI is InChI=1S/C28H26FN3O2/c1-2-31(23-8-4-3-5-9-23)26-25(20-10-12-21(29)13-11-20)27(33)32(28(26)34)24-16-14-22(15-17-24)30-18-6-7-19-30/h3-5,8-17H,2,6-7,18-19H2,1H3. The fourth-order valence-electron chi connectivity index (χ4n) is 4.75. The third-order valence-electron chi connectivity index (χ3n) is 6.43. The van der Waals surface area contributed by atoms with Gasteiger partial charge < -0.3 is 9.80 Å². The molecule has 6 heteroatoms. The van der Waals surface area contributed by atoms with Crippen molar-refractivity contribution in [2.75, 3.05) is 34.3 Å². The Kier molecular flexibility index (Phi) is 5.88. The molecule has 3 aromatic carbocycles. The molecule has 1 saturated heterocycles. The highest BCUT2D eigenvalue weighted by molar-refractivity contribution is 6.46. The molecule has 0 bridgehead atoms. The van der Waals surface area contributed by atoms with Crippen molar-refractivity contribution in [3.05, 3.63) is 95.9 Å². The smallest absolute Gasteiger partial charge is 0.282 e. The summed E-state index contributed by atoms with van der Waals surface area (Å²) in [4.78, 5) is 32.9. The topological polar surface area (TPSA) is 43.9 Å². The molecule has 2 amide bonds. The first-order chi connectivity index (χ1) is 16.6. The summed E-state index contributed by atoms with van der Waals surface area (Å²) in [5, 5.41) is 0. The lowest BCUT2D eigenvalue weighted by Crippen LogP contribution is -2.35. The average Bonchev–Trinajstić information content (AvgIpc) is 3.49. The second kappa shape index (κ2) is 9.14. The maximum Gasteiger partial charge on any atom is 0.282 e. The number of amides is 2. The molecule has 2 aliphatic rings. The van der Waals surface area contributed by atoms with E-state index < -0.39 is 11.7 Å². The van der Waals surface area contributed by atoms with Gasteiger partial charge in [0.15, 0.2) is 0 Å². The van der Waals surface area contributed by atoms with Crippen LogP contribution in [0.25, 0.3) is 5.57 Å². The van der Waals surface area contributed by atoms with Gasteiger partial charge in [-0.1, -0.05) is 30.3 Å². The molecule has 0 aliphatic carbocycles. The number of halogens is 1. The van der Waals surface area contributed by atoms with Crippen LogP contribution in [-0.4, -0.2) is 31.4 Å². The van der Waals surface area contributed by atoms with E-state index in [-0.39, 0.29) is 11.5 Å². The van der Waals surface area contributed by atoms with E-state index in [0.29, 0.717) is 23.5 Å².